The predicted molar refractivity (Wildman–Crippen MR) is 68.3 cm³/mol. The molecular weight excluding hydrogens is 202 g/mol. The van der Waals surface area contributed by atoms with E-state index in [0.29, 0.717) is 12.5 Å². The fraction of sp³-hybridized carbons (Fsp3) is 0.917. The van der Waals surface area contributed by atoms with Crippen molar-refractivity contribution < 1.29 is 4.79 Å². The van der Waals surface area contributed by atoms with Gasteiger partial charge in [-0.05, 0) is 40.0 Å². The van der Waals surface area contributed by atoms with Crippen LogP contribution in [0.5, 0.6) is 0 Å². The van der Waals surface area contributed by atoms with Crippen molar-refractivity contribution in [3.05, 3.63) is 0 Å². The molecule has 4 N–H and O–H groups in total. The van der Waals surface area contributed by atoms with Gasteiger partial charge in [-0.2, -0.15) is 0 Å². The number of amides is 2. The maximum absolute atomic E-state index is 11.6. The molecule has 0 aliphatic carbocycles. The number of carbonyl (C=O) groups is 1. The molecule has 0 aliphatic rings. The molecule has 0 aromatic rings. The Labute approximate surface area is 99.4 Å². The molecule has 0 aromatic heterocycles. The molecule has 0 aliphatic heterocycles. The van der Waals surface area contributed by atoms with Gasteiger partial charge in [0.1, 0.15) is 0 Å². The van der Waals surface area contributed by atoms with Gasteiger partial charge in [-0.15, -0.1) is 0 Å². The maximum Gasteiger partial charge on any atom is 0.315 e. The van der Waals surface area contributed by atoms with Gasteiger partial charge in [-0.25, -0.2) is 4.79 Å². The molecule has 2 amide bonds. The van der Waals surface area contributed by atoms with Crippen molar-refractivity contribution in [2.45, 2.75) is 59.0 Å². The Morgan fingerprint density at radius 1 is 1.25 bits per heavy atom. The molecular formula is C12H27N3O. The second-order valence-electron chi connectivity index (χ2n) is 6.28. The van der Waals surface area contributed by atoms with E-state index in [4.69, 9.17) is 5.73 Å². The fourth-order valence-corrected chi connectivity index (χ4v) is 1.73. The lowest BCUT2D eigenvalue weighted by Gasteiger charge is -2.29. The first-order chi connectivity index (χ1) is 7.02. The van der Waals surface area contributed by atoms with E-state index in [1.54, 1.807) is 0 Å². The van der Waals surface area contributed by atoms with Crippen LogP contribution in [0.3, 0.4) is 0 Å². The summed E-state index contributed by atoms with van der Waals surface area (Å²) in [6, 6.07) is -0.149. The summed E-state index contributed by atoms with van der Waals surface area (Å²) in [5.41, 5.74) is 5.23. The van der Waals surface area contributed by atoms with Crippen LogP contribution in [-0.2, 0) is 0 Å². The summed E-state index contributed by atoms with van der Waals surface area (Å²) in [7, 11) is 0. The molecule has 0 spiro atoms. The number of carbonyl (C=O) groups excluding carboxylic acids is 1. The summed E-state index contributed by atoms with van der Waals surface area (Å²) in [5, 5.41) is 5.73. The lowest BCUT2D eigenvalue weighted by Crippen LogP contribution is -2.53. The third kappa shape index (κ3) is 8.53. The van der Waals surface area contributed by atoms with Gasteiger partial charge in [0.15, 0.2) is 0 Å². The number of hydrogen-bond acceptors (Lipinski definition) is 2. The van der Waals surface area contributed by atoms with Crippen molar-refractivity contribution in [2.24, 2.45) is 11.7 Å². The number of nitrogens with two attached hydrogens (primary N) is 1. The van der Waals surface area contributed by atoms with Gasteiger partial charge in [0, 0.05) is 17.6 Å². The van der Waals surface area contributed by atoms with Crippen LogP contribution in [0.1, 0.15) is 48.0 Å². The number of hydrogen-bond donors (Lipinski definition) is 3. The summed E-state index contributed by atoms with van der Waals surface area (Å²) in [5.74, 6) is 0.557. The van der Waals surface area contributed by atoms with Gasteiger partial charge in [0.25, 0.3) is 0 Å². The highest BCUT2D eigenvalue weighted by Gasteiger charge is 2.22. The van der Waals surface area contributed by atoms with E-state index in [-0.39, 0.29) is 17.1 Å². The Morgan fingerprint density at radius 2 is 1.75 bits per heavy atom. The minimum atomic E-state index is -0.375. The zero-order valence-corrected chi connectivity index (χ0v) is 11.5. The van der Waals surface area contributed by atoms with Gasteiger partial charge in [0.2, 0.25) is 0 Å². The fourth-order valence-electron chi connectivity index (χ4n) is 1.73. The van der Waals surface area contributed by atoms with Crippen molar-refractivity contribution in [1.29, 1.82) is 0 Å². The topological polar surface area (TPSA) is 67.2 Å². The Hall–Kier alpha value is -0.770. The van der Waals surface area contributed by atoms with Gasteiger partial charge >= 0.3 is 6.03 Å². The number of urea groups is 1. The van der Waals surface area contributed by atoms with Gasteiger partial charge in [0.05, 0.1) is 0 Å². The molecule has 0 fully saturated rings. The van der Waals surface area contributed by atoms with Crippen LogP contribution in [-0.4, -0.2) is 23.7 Å². The largest absolute Gasteiger partial charge is 0.336 e. The minimum absolute atomic E-state index is 0.149. The van der Waals surface area contributed by atoms with Crippen molar-refractivity contribution in [3.8, 4) is 0 Å². The predicted octanol–water partition coefficient (Wildman–Crippen LogP) is 1.85. The summed E-state index contributed by atoms with van der Waals surface area (Å²) >= 11 is 0. The summed E-state index contributed by atoms with van der Waals surface area (Å²) in [6.45, 7) is 12.6. The quantitative estimate of drug-likeness (QED) is 0.673. The Morgan fingerprint density at radius 3 is 2.12 bits per heavy atom. The van der Waals surface area contributed by atoms with Crippen molar-refractivity contribution in [3.63, 3.8) is 0 Å². The third-order valence-corrected chi connectivity index (χ3v) is 2.08. The molecule has 0 heterocycles. The lowest BCUT2D eigenvalue weighted by atomic mass is 9.93. The van der Waals surface area contributed by atoms with Crippen LogP contribution in [0.2, 0.25) is 0 Å². The highest BCUT2D eigenvalue weighted by molar-refractivity contribution is 5.74. The summed E-state index contributed by atoms with van der Waals surface area (Å²) in [6.07, 6.45) is 0.951. The van der Waals surface area contributed by atoms with E-state index in [0.717, 1.165) is 6.42 Å². The van der Waals surface area contributed by atoms with Crippen LogP contribution in [0.25, 0.3) is 0 Å². The summed E-state index contributed by atoms with van der Waals surface area (Å²) < 4.78 is 0. The smallest absolute Gasteiger partial charge is 0.315 e. The average Bonchev–Trinajstić information content (AvgIpc) is 1.95. The first-order valence-corrected chi connectivity index (χ1v) is 5.87. The zero-order chi connectivity index (χ0) is 13.0. The minimum Gasteiger partial charge on any atom is -0.336 e. The maximum atomic E-state index is 11.6. The summed E-state index contributed by atoms with van der Waals surface area (Å²) in [4.78, 5) is 11.6. The highest BCUT2D eigenvalue weighted by Crippen LogP contribution is 2.15. The molecule has 16 heavy (non-hydrogen) atoms. The molecule has 0 radical (unpaired) electrons. The second kappa shape index (κ2) is 5.53. The molecule has 4 heteroatoms. The normalized spacial score (nSPS) is 12.8. The van der Waals surface area contributed by atoms with Crippen molar-refractivity contribution in [1.82, 2.24) is 10.6 Å². The average molecular weight is 229 g/mol. The van der Waals surface area contributed by atoms with Crippen molar-refractivity contribution >= 4 is 6.03 Å². The molecule has 0 rings (SSSR count). The number of nitrogens with one attached hydrogen (secondary N) is 2. The van der Waals surface area contributed by atoms with E-state index in [9.17, 15) is 4.79 Å². The molecule has 0 saturated carbocycles. The first kappa shape index (κ1) is 15.2. The molecule has 0 aromatic carbocycles. The van der Waals surface area contributed by atoms with E-state index in [2.05, 4.69) is 24.5 Å². The van der Waals surface area contributed by atoms with E-state index in [1.807, 2.05) is 27.7 Å². The van der Waals surface area contributed by atoms with E-state index >= 15 is 0 Å². The van der Waals surface area contributed by atoms with E-state index in [1.165, 1.54) is 0 Å². The molecule has 0 bridgehead atoms. The molecule has 0 saturated heterocycles. The molecule has 96 valence electrons. The molecule has 0 atom stereocenters. The van der Waals surface area contributed by atoms with Crippen molar-refractivity contribution in [2.75, 3.05) is 6.54 Å². The highest BCUT2D eigenvalue weighted by atomic mass is 16.2. The van der Waals surface area contributed by atoms with E-state index < -0.39 is 0 Å². The van der Waals surface area contributed by atoms with Crippen LogP contribution in [0.4, 0.5) is 4.79 Å². The SMILES string of the molecule is CC(C)CC(C)(C)NC(=O)NCC(C)(C)N. The monoisotopic (exact) mass is 229 g/mol. The van der Waals surface area contributed by atoms with Crippen LogP contribution in [0.15, 0.2) is 0 Å². The Kier molecular flexibility index (Phi) is 5.26. The second-order valence-corrected chi connectivity index (χ2v) is 6.28. The van der Waals surface area contributed by atoms with Gasteiger partial charge in [-0.1, -0.05) is 13.8 Å². The van der Waals surface area contributed by atoms with Crippen LogP contribution in [0, 0.1) is 5.92 Å². The Balaban J connectivity index is 4.04. The van der Waals surface area contributed by atoms with Gasteiger partial charge in [-0.3, -0.25) is 0 Å². The van der Waals surface area contributed by atoms with Crippen LogP contribution < -0.4 is 16.4 Å². The lowest BCUT2D eigenvalue weighted by molar-refractivity contribution is 0.222. The zero-order valence-electron chi connectivity index (χ0n) is 11.5. The molecule has 0 unspecified atom stereocenters. The van der Waals surface area contributed by atoms with Crippen LogP contribution >= 0.6 is 0 Å². The third-order valence-electron chi connectivity index (χ3n) is 2.08. The molecule has 4 nitrogen and oxygen atoms in total. The first-order valence-electron chi connectivity index (χ1n) is 5.87. The standard InChI is InChI=1S/C12H27N3O/c1-9(2)7-12(5,6)15-10(16)14-8-11(3,4)13/h9H,7-8,13H2,1-6H3,(H2,14,15,16). The Bertz CT molecular complexity index is 229. The van der Waals surface area contributed by atoms with Gasteiger partial charge < -0.3 is 16.4 Å². The number of rotatable bonds is 5.